The molecule has 2 rings (SSSR count). The van der Waals surface area contributed by atoms with Gasteiger partial charge in [-0.05, 0) is 18.6 Å². The SMILES string of the molecule is COc1c(O)ccc(CN2CCC=C(F)C2)c1[N+](=O)[O-]. The second kappa shape index (κ2) is 5.87. The highest BCUT2D eigenvalue weighted by Crippen LogP contribution is 2.39. The number of halogens is 1. The summed E-state index contributed by atoms with van der Waals surface area (Å²) in [7, 11) is 1.26. The van der Waals surface area contributed by atoms with Crippen LogP contribution in [0.4, 0.5) is 10.1 Å². The molecule has 0 fully saturated rings. The highest BCUT2D eigenvalue weighted by atomic mass is 19.1. The van der Waals surface area contributed by atoms with E-state index in [2.05, 4.69) is 0 Å². The molecule has 0 aliphatic carbocycles. The third-order valence-electron chi connectivity index (χ3n) is 3.16. The van der Waals surface area contributed by atoms with Gasteiger partial charge in [-0.25, -0.2) is 4.39 Å². The van der Waals surface area contributed by atoms with Gasteiger partial charge in [0.2, 0.25) is 5.75 Å². The molecule has 1 aromatic rings. The molecule has 1 aromatic carbocycles. The van der Waals surface area contributed by atoms with Crippen molar-refractivity contribution in [2.24, 2.45) is 0 Å². The second-order valence-corrected chi connectivity index (χ2v) is 4.53. The fourth-order valence-corrected chi connectivity index (χ4v) is 2.27. The first-order valence-electron chi connectivity index (χ1n) is 6.13. The van der Waals surface area contributed by atoms with Crippen LogP contribution in [-0.2, 0) is 6.54 Å². The monoisotopic (exact) mass is 282 g/mol. The molecule has 1 aliphatic rings. The van der Waals surface area contributed by atoms with Gasteiger partial charge in [0.25, 0.3) is 0 Å². The zero-order chi connectivity index (χ0) is 14.7. The second-order valence-electron chi connectivity index (χ2n) is 4.53. The fraction of sp³-hybridized carbons (Fsp3) is 0.385. The maximum Gasteiger partial charge on any atom is 0.319 e. The Morgan fingerprint density at radius 2 is 2.30 bits per heavy atom. The van der Waals surface area contributed by atoms with Crippen LogP contribution in [0.1, 0.15) is 12.0 Å². The van der Waals surface area contributed by atoms with Crippen LogP contribution in [0.5, 0.6) is 11.5 Å². The van der Waals surface area contributed by atoms with Crippen LogP contribution in [0.3, 0.4) is 0 Å². The summed E-state index contributed by atoms with van der Waals surface area (Å²) in [6.07, 6.45) is 2.09. The van der Waals surface area contributed by atoms with E-state index in [9.17, 15) is 19.6 Å². The Morgan fingerprint density at radius 3 is 2.90 bits per heavy atom. The highest BCUT2D eigenvalue weighted by molar-refractivity contribution is 5.60. The molecule has 0 saturated heterocycles. The number of aromatic hydroxyl groups is 1. The number of ether oxygens (including phenoxy) is 1. The Balaban J connectivity index is 2.32. The van der Waals surface area contributed by atoms with E-state index in [-0.39, 0.29) is 36.1 Å². The quantitative estimate of drug-likeness (QED) is 0.677. The van der Waals surface area contributed by atoms with Crippen LogP contribution in [0.15, 0.2) is 24.0 Å². The molecule has 0 unspecified atom stereocenters. The average molecular weight is 282 g/mol. The molecular weight excluding hydrogens is 267 g/mol. The molecule has 0 spiro atoms. The molecule has 20 heavy (non-hydrogen) atoms. The molecule has 0 bridgehead atoms. The first-order chi connectivity index (χ1) is 9.52. The zero-order valence-corrected chi connectivity index (χ0v) is 11.0. The molecule has 1 heterocycles. The highest BCUT2D eigenvalue weighted by Gasteiger charge is 2.26. The first-order valence-corrected chi connectivity index (χ1v) is 6.13. The van der Waals surface area contributed by atoms with E-state index in [4.69, 9.17) is 4.74 Å². The number of methoxy groups -OCH3 is 1. The molecule has 0 atom stereocenters. The van der Waals surface area contributed by atoms with Crippen molar-refractivity contribution in [3.63, 3.8) is 0 Å². The Hall–Kier alpha value is -2.15. The van der Waals surface area contributed by atoms with Crippen molar-refractivity contribution < 1.29 is 19.2 Å². The maximum atomic E-state index is 13.2. The van der Waals surface area contributed by atoms with Gasteiger partial charge in [0.15, 0.2) is 5.75 Å². The molecule has 0 radical (unpaired) electrons. The normalized spacial score (nSPS) is 15.8. The molecule has 1 N–H and O–H groups in total. The topological polar surface area (TPSA) is 75.8 Å². The Kier molecular flexibility index (Phi) is 4.19. The van der Waals surface area contributed by atoms with Gasteiger partial charge in [0, 0.05) is 18.7 Å². The number of benzene rings is 1. The zero-order valence-electron chi connectivity index (χ0n) is 11.0. The van der Waals surface area contributed by atoms with Gasteiger partial charge < -0.3 is 9.84 Å². The van der Waals surface area contributed by atoms with E-state index in [1.165, 1.54) is 25.3 Å². The van der Waals surface area contributed by atoms with Gasteiger partial charge in [0.1, 0.15) is 5.83 Å². The van der Waals surface area contributed by atoms with E-state index in [1.54, 1.807) is 4.90 Å². The molecule has 0 aromatic heterocycles. The summed E-state index contributed by atoms with van der Waals surface area (Å²) < 4.78 is 18.1. The maximum absolute atomic E-state index is 13.2. The number of phenolic OH excluding ortho intramolecular Hbond substituents is 1. The molecule has 108 valence electrons. The fourth-order valence-electron chi connectivity index (χ4n) is 2.27. The van der Waals surface area contributed by atoms with Crippen LogP contribution < -0.4 is 4.74 Å². The van der Waals surface area contributed by atoms with Gasteiger partial charge in [0.05, 0.1) is 18.6 Å². The van der Waals surface area contributed by atoms with E-state index in [0.29, 0.717) is 18.5 Å². The predicted molar refractivity (Wildman–Crippen MR) is 70.4 cm³/mol. The minimum atomic E-state index is -0.593. The molecular formula is C13H15FN2O4. The van der Waals surface area contributed by atoms with Crippen molar-refractivity contribution in [2.45, 2.75) is 13.0 Å². The van der Waals surface area contributed by atoms with Crippen molar-refractivity contribution in [3.8, 4) is 11.5 Å². The van der Waals surface area contributed by atoms with Gasteiger partial charge in [-0.1, -0.05) is 6.08 Å². The number of hydrogen-bond acceptors (Lipinski definition) is 5. The van der Waals surface area contributed by atoms with Gasteiger partial charge in [-0.3, -0.25) is 15.0 Å². The number of nitrogens with zero attached hydrogens (tertiary/aromatic N) is 2. The minimum absolute atomic E-state index is 0.139. The lowest BCUT2D eigenvalue weighted by Crippen LogP contribution is -2.28. The van der Waals surface area contributed by atoms with Crippen LogP contribution >= 0.6 is 0 Å². The third-order valence-corrected chi connectivity index (χ3v) is 3.16. The Morgan fingerprint density at radius 1 is 1.55 bits per heavy atom. The predicted octanol–water partition coefficient (Wildman–Crippen LogP) is 2.37. The summed E-state index contributed by atoms with van der Waals surface area (Å²) in [5.74, 6) is -0.683. The lowest BCUT2D eigenvalue weighted by molar-refractivity contribution is -0.386. The van der Waals surface area contributed by atoms with Crippen molar-refractivity contribution >= 4 is 5.69 Å². The van der Waals surface area contributed by atoms with Crippen molar-refractivity contribution in [2.75, 3.05) is 20.2 Å². The number of hydrogen-bond donors (Lipinski definition) is 1. The first kappa shape index (κ1) is 14.3. The van der Waals surface area contributed by atoms with Crippen LogP contribution in [0, 0.1) is 10.1 Å². The number of phenols is 1. The lowest BCUT2D eigenvalue weighted by Gasteiger charge is -2.24. The summed E-state index contributed by atoms with van der Waals surface area (Å²) in [6, 6.07) is 2.81. The average Bonchev–Trinajstić information content (AvgIpc) is 2.40. The van der Waals surface area contributed by atoms with Crippen molar-refractivity contribution in [3.05, 3.63) is 39.7 Å². The molecule has 1 aliphatic heterocycles. The minimum Gasteiger partial charge on any atom is -0.504 e. The molecule has 7 heteroatoms. The summed E-state index contributed by atoms with van der Waals surface area (Å²) >= 11 is 0. The number of rotatable bonds is 4. The molecule has 6 nitrogen and oxygen atoms in total. The summed E-state index contributed by atoms with van der Waals surface area (Å²) in [5, 5.41) is 20.8. The van der Waals surface area contributed by atoms with E-state index >= 15 is 0 Å². The molecule has 0 saturated carbocycles. The van der Waals surface area contributed by atoms with Crippen molar-refractivity contribution in [1.82, 2.24) is 4.90 Å². The van der Waals surface area contributed by atoms with Crippen LogP contribution in [0.2, 0.25) is 0 Å². The third kappa shape index (κ3) is 2.88. The molecule has 0 amide bonds. The van der Waals surface area contributed by atoms with Gasteiger partial charge in [-0.2, -0.15) is 0 Å². The standard InChI is InChI=1S/C13H15FN2O4/c1-20-13-11(17)5-4-9(12(13)16(18)19)7-15-6-2-3-10(14)8-15/h3-5,17H,2,6-8H2,1H3. The van der Waals surface area contributed by atoms with Gasteiger partial charge in [-0.15, -0.1) is 0 Å². The van der Waals surface area contributed by atoms with Crippen molar-refractivity contribution in [1.29, 1.82) is 0 Å². The number of nitro groups is 1. The van der Waals surface area contributed by atoms with E-state index < -0.39 is 4.92 Å². The Bertz CT molecular complexity index is 560. The summed E-state index contributed by atoms with van der Waals surface area (Å²) in [6.45, 7) is 1.00. The van der Waals surface area contributed by atoms with Crippen LogP contribution in [-0.4, -0.2) is 35.1 Å². The van der Waals surface area contributed by atoms with Crippen LogP contribution in [0.25, 0.3) is 0 Å². The van der Waals surface area contributed by atoms with E-state index in [0.717, 1.165) is 0 Å². The Labute approximate surface area is 115 Å². The smallest absolute Gasteiger partial charge is 0.319 e. The summed E-state index contributed by atoms with van der Waals surface area (Å²) in [5.41, 5.74) is 0.113. The largest absolute Gasteiger partial charge is 0.504 e. The lowest BCUT2D eigenvalue weighted by atomic mass is 10.1. The van der Waals surface area contributed by atoms with E-state index in [1.807, 2.05) is 0 Å². The van der Waals surface area contributed by atoms with Gasteiger partial charge >= 0.3 is 5.69 Å². The summed E-state index contributed by atoms with van der Waals surface area (Å²) in [4.78, 5) is 12.3. The number of nitro benzene ring substituents is 1.